The van der Waals surface area contributed by atoms with Gasteiger partial charge in [0.05, 0.1) is 5.57 Å². The van der Waals surface area contributed by atoms with Gasteiger partial charge in [-0.2, -0.15) is 0 Å². The summed E-state index contributed by atoms with van der Waals surface area (Å²) >= 11 is 0. The number of carbonyl (C=O) groups is 1. The fraction of sp³-hybridized carbons (Fsp3) is 0.296. The van der Waals surface area contributed by atoms with Crippen LogP contribution in [0.1, 0.15) is 50.2 Å². The highest BCUT2D eigenvalue weighted by molar-refractivity contribution is 6.27. The second-order valence-corrected chi connectivity index (χ2v) is 8.31. The Hall–Kier alpha value is -3.07. The molecule has 4 rings (SSSR count). The van der Waals surface area contributed by atoms with Crippen LogP contribution in [0.4, 0.5) is 0 Å². The number of amides is 1. The molecule has 1 aliphatic rings. The number of rotatable bonds is 5. The molecular formula is C27H29NO2. The minimum atomic E-state index is -0.136. The van der Waals surface area contributed by atoms with Gasteiger partial charge in [-0.05, 0) is 54.2 Å². The van der Waals surface area contributed by atoms with E-state index in [9.17, 15) is 9.90 Å². The number of carbonyl (C=O) groups excluding carboxylic acids is 1. The lowest BCUT2D eigenvalue weighted by atomic mass is 9.84. The Morgan fingerprint density at radius 1 is 0.967 bits per heavy atom. The number of phenols is 1. The van der Waals surface area contributed by atoms with Gasteiger partial charge in [0, 0.05) is 11.6 Å². The van der Waals surface area contributed by atoms with Crippen molar-refractivity contribution in [3.8, 4) is 5.75 Å². The van der Waals surface area contributed by atoms with Crippen LogP contribution in [0.25, 0.3) is 22.4 Å². The summed E-state index contributed by atoms with van der Waals surface area (Å²) in [6.07, 6.45) is 7.98. The molecule has 30 heavy (non-hydrogen) atoms. The molecule has 1 amide bonds. The van der Waals surface area contributed by atoms with Crippen LogP contribution in [0, 0.1) is 5.92 Å². The van der Waals surface area contributed by atoms with Gasteiger partial charge in [-0.1, -0.05) is 79.9 Å². The van der Waals surface area contributed by atoms with Crippen molar-refractivity contribution < 1.29 is 9.90 Å². The van der Waals surface area contributed by atoms with Gasteiger partial charge in [-0.3, -0.25) is 4.79 Å². The highest BCUT2D eigenvalue weighted by Gasteiger charge is 2.25. The van der Waals surface area contributed by atoms with Crippen LogP contribution in [-0.4, -0.2) is 17.1 Å². The zero-order valence-corrected chi connectivity index (χ0v) is 17.5. The average Bonchev–Trinajstić information content (AvgIpc) is 2.79. The Morgan fingerprint density at radius 2 is 1.67 bits per heavy atom. The largest absolute Gasteiger partial charge is 0.507 e. The molecule has 0 unspecified atom stereocenters. The van der Waals surface area contributed by atoms with Crippen LogP contribution in [0.3, 0.4) is 0 Å². The molecule has 0 spiro atoms. The van der Waals surface area contributed by atoms with Crippen LogP contribution < -0.4 is 5.32 Å². The summed E-state index contributed by atoms with van der Waals surface area (Å²) in [6, 6.07) is 21.3. The topological polar surface area (TPSA) is 49.3 Å². The van der Waals surface area contributed by atoms with Crippen LogP contribution >= 0.6 is 0 Å². The van der Waals surface area contributed by atoms with E-state index in [2.05, 4.69) is 12.2 Å². The Bertz CT molecular complexity index is 1050. The van der Waals surface area contributed by atoms with Gasteiger partial charge in [0.25, 0.3) is 5.91 Å². The lowest BCUT2D eigenvalue weighted by Crippen LogP contribution is -2.39. The number of phenolic OH excluding ortho intramolecular Hbond substituents is 1. The normalized spacial score (nSPS) is 16.4. The van der Waals surface area contributed by atoms with E-state index in [1.54, 1.807) is 6.07 Å². The third-order valence-electron chi connectivity index (χ3n) is 6.25. The second-order valence-electron chi connectivity index (χ2n) is 8.31. The summed E-state index contributed by atoms with van der Waals surface area (Å²) in [5.41, 5.74) is 2.02. The molecule has 1 atom stereocenters. The molecule has 0 bridgehead atoms. The number of benzene rings is 3. The molecule has 3 aromatic rings. The van der Waals surface area contributed by atoms with Gasteiger partial charge >= 0.3 is 0 Å². The van der Waals surface area contributed by atoms with Crippen LogP contribution in [0.5, 0.6) is 5.75 Å². The summed E-state index contributed by atoms with van der Waals surface area (Å²) in [4.78, 5) is 13.5. The maximum absolute atomic E-state index is 13.5. The highest BCUT2D eigenvalue weighted by atomic mass is 16.3. The Labute approximate surface area is 178 Å². The minimum absolute atomic E-state index is 0.106. The number of fused-ring (bicyclic) bond motifs is 1. The first-order valence-electron chi connectivity index (χ1n) is 10.9. The summed E-state index contributed by atoms with van der Waals surface area (Å²) in [7, 11) is 0. The predicted octanol–water partition coefficient (Wildman–Crippen LogP) is 6.17. The number of hydrogen-bond acceptors (Lipinski definition) is 2. The van der Waals surface area contributed by atoms with Crippen molar-refractivity contribution >= 4 is 28.3 Å². The van der Waals surface area contributed by atoms with E-state index >= 15 is 0 Å². The first kappa shape index (κ1) is 20.2. The molecule has 3 nitrogen and oxygen atoms in total. The van der Waals surface area contributed by atoms with E-state index in [0.717, 1.165) is 16.3 Å². The average molecular weight is 400 g/mol. The van der Waals surface area contributed by atoms with E-state index < -0.39 is 0 Å². The summed E-state index contributed by atoms with van der Waals surface area (Å²) in [5, 5.41) is 15.9. The SMILES string of the molecule is C[C@H](NC(=O)/C(=C/c1ccccc1)c1c(O)ccc2ccccc12)C1CCCCC1. The molecule has 1 aliphatic carbocycles. The molecule has 0 heterocycles. The maximum atomic E-state index is 13.5. The van der Waals surface area contributed by atoms with E-state index in [-0.39, 0.29) is 17.7 Å². The van der Waals surface area contributed by atoms with Crippen LogP contribution in [-0.2, 0) is 4.79 Å². The lowest BCUT2D eigenvalue weighted by molar-refractivity contribution is -0.116. The molecule has 0 aliphatic heterocycles. The highest BCUT2D eigenvalue weighted by Crippen LogP contribution is 2.35. The Kier molecular flexibility index (Phi) is 6.18. The molecule has 0 saturated heterocycles. The van der Waals surface area contributed by atoms with E-state index in [1.165, 1.54) is 32.1 Å². The van der Waals surface area contributed by atoms with Crippen molar-refractivity contribution in [1.29, 1.82) is 0 Å². The Balaban J connectivity index is 1.75. The molecular weight excluding hydrogens is 370 g/mol. The van der Waals surface area contributed by atoms with Crippen molar-refractivity contribution in [2.75, 3.05) is 0 Å². The second kappa shape index (κ2) is 9.17. The van der Waals surface area contributed by atoms with Crippen molar-refractivity contribution in [2.24, 2.45) is 5.92 Å². The smallest absolute Gasteiger partial charge is 0.252 e. The fourth-order valence-electron chi connectivity index (χ4n) is 4.55. The molecule has 2 N–H and O–H groups in total. The molecule has 1 saturated carbocycles. The summed E-state index contributed by atoms with van der Waals surface area (Å²) < 4.78 is 0. The van der Waals surface area contributed by atoms with E-state index in [1.807, 2.05) is 66.7 Å². The third-order valence-corrected chi connectivity index (χ3v) is 6.25. The van der Waals surface area contributed by atoms with Gasteiger partial charge < -0.3 is 10.4 Å². The third kappa shape index (κ3) is 4.40. The van der Waals surface area contributed by atoms with Crippen molar-refractivity contribution in [2.45, 2.75) is 45.1 Å². The van der Waals surface area contributed by atoms with Crippen molar-refractivity contribution in [3.05, 3.63) is 77.9 Å². The molecule has 3 heteroatoms. The van der Waals surface area contributed by atoms with E-state index in [0.29, 0.717) is 17.1 Å². The standard InChI is InChI=1S/C27H29NO2/c1-19(21-12-6-3-7-13-21)28-27(30)24(18-20-10-4-2-5-11-20)26-23-15-9-8-14-22(23)16-17-25(26)29/h2,4-5,8-11,14-19,21,29H,3,6-7,12-13H2,1H3,(H,28,30)/b24-18+/t19-/m0/s1. The number of hydrogen-bond donors (Lipinski definition) is 2. The zero-order valence-electron chi connectivity index (χ0n) is 17.5. The molecule has 0 aromatic heterocycles. The van der Waals surface area contributed by atoms with Crippen molar-refractivity contribution in [3.63, 3.8) is 0 Å². The molecule has 0 radical (unpaired) electrons. The van der Waals surface area contributed by atoms with Gasteiger partial charge in [-0.25, -0.2) is 0 Å². The molecule has 1 fully saturated rings. The van der Waals surface area contributed by atoms with Gasteiger partial charge in [-0.15, -0.1) is 0 Å². The monoisotopic (exact) mass is 399 g/mol. The quantitative estimate of drug-likeness (QED) is 0.398. The number of aromatic hydroxyl groups is 1. The predicted molar refractivity (Wildman–Crippen MR) is 124 cm³/mol. The lowest BCUT2D eigenvalue weighted by Gasteiger charge is -2.28. The van der Waals surface area contributed by atoms with E-state index in [4.69, 9.17) is 0 Å². The van der Waals surface area contributed by atoms with Crippen LogP contribution in [0.2, 0.25) is 0 Å². The maximum Gasteiger partial charge on any atom is 0.252 e. The van der Waals surface area contributed by atoms with Gasteiger partial charge in [0.1, 0.15) is 5.75 Å². The fourth-order valence-corrected chi connectivity index (χ4v) is 4.55. The van der Waals surface area contributed by atoms with Crippen LogP contribution in [0.15, 0.2) is 66.7 Å². The first-order chi connectivity index (χ1) is 14.6. The molecule has 3 aromatic carbocycles. The molecule has 154 valence electrons. The van der Waals surface area contributed by atoms with Gasteiger partial charge in [0.15, 0.2) is 0 Å². The van der Waals surface area contributed by atoms with Crippen molar-refractivity contribution in [1.82, 2.24) is 5.32 Å². The van der Waals surface area contributed by atoms with Gasteiger partial charge in [0.2, 0.25) is 0 Å². The summed E-state index contributed by atoms with van der Waals surface area (Å²) in [6.45, 7) is 2.11. The first-order valence-corrected chi connectivity index (χ1v) is 10.9. The zero-order chi connectivity index (χ0) is 20.9. The summed E-state index contributed by atoms with van der Waals surface area (Å²) in [5.74, 6) is 0.502. The Morgan fingerprint density at radius 3 is 2.43 bits per heavy atom. The minimum Gasteiger partial charge on any atom is -0.507 e. The number of nitrogens with one attached hydrogen (secondary N) is 1.